The van der Waals surface area contributed by atoms with Crippen molar-refractivity contribution < 1.29 is 90.3 Å². The first-order chi connectivity index (χ1) is 42.5. The van der Waals surface area contributed by atoms with Crippen LogP contribution in [0.3, 0.4) is 0 Å². The van der Waals surface area contributed by atoms with Gasteiger partial charge < -0.3 is 67.9 Å². The smallest absolute Gasteiger partial charge is 0.388 e. The van der Waals surface area contributed by atoms with E-state index in [0.29, 0.717) is 25.7 Å². The molecule has 2 fully saturated rings. The molecule has 0 bridgehead atoms. The van der Waals surface area contributed by atoms with E-state index in [0.717, 1.165) is 148 Å². The summed E-state index contributed by atoms with van der Waals surface area (Å²) >= 11 is 0. The van der Waals surface area contributed by atoms with Gasteiger partial charge in [0.15, 0.2) is 12.6 Å². The van der Waals surface area contributed by atoms with E-state index in [9.17, 15) is 43.4 Å². The lowest BCUT2D eigenvalue weighted by Crippen LogP contribution is -2.66. The van der Waals surface area contributed by atoms with E-state index in [1.807, 2.05) is 0 Å². The van der Waals surface area contributed by atoms with Crippen molar-refractivity contribution in [3.8, 4) is 0 Å². The number of Topliss-reactive ketones (excluding diaryl/α,β-unsaturated/α-hetero) is 1. The van der Waals surface area contributed by atoms with E-state index in [-0.39, 0.29) is 44.7 Å². The second-order valence-corrected chi connectivity index (χ2v) is 27.1. The van der Waals surface area contributed by atoms with Gasteiger partial charge in [0, 0.05) is 40.5 Å². The SMILES string of the molecule is CCCCCC/C=C\CCCCCCCCCCO[C@H]1[C@H](OC[C@H]2O[C@H](OP(=O)(O)O)[C@H](NC(=O)CC(=O)CCCCCCCCCCC)[C@@H](OCCCCCCCCCC)[C@@H]2O)O[C@H](COC)[C@@H](OP(=O)(O)O)[C@@H]1OCC[C@@H](CCCCCCC)OC. The fourth-order valence-corrected chi connectivity index (χ4v) is 12.7. The third-order valence-electron chi connectivity index (χ3n) is 16.8. The van der Waals surface area contributed by atoms with Crippen molar-refractivity contribution in [3.63, 3.8) is 0 Å². The third kappa shape index (κ3) is 40.8. The van der Waals surface area contributed by atoms with Crippen molar-refractivity contribution in [1.82, 2.24) is 5.32 Å². The number of aliphatic hydroxyl groups is 1. The Kier molecular flexibility index (Phi) is 49.9. The minimum absolute atomic E-state index is 0.0858. The average Bonchev–Trinajstić information content (AvgIpc) is 3.63. The van der Waals surface area contributed by atoms with E-state index in [2.05, 4.69) is 45.2 Å². The monoisotopic (exact) mass is 1300 g/mol. The molecule has 2 heterocycles. The van der Waals surface area contributed by atoms with Crippen LogP contribution in [0.4, 0.5) is 0 Å². The lowest BCUT2D eigenvalue weighted by atomic mass is 9.96. The number of nitrogens with one attached hydrogen (secondary N) is 1. The molecule has 520 valence electrons. The molecule has 0 spiro atoms. The van der Waals surface area contributed by atoms with Crippen LogP contribution in [-0.4, -0.2) is 151 Å². The first kappa shape index (κ1) is 82.8. The first-order valence-corrected chi connectivity index (χ1v) is 38.0. The van der Waals surface area contributed by atoms with Gasteiger partial charge in [-0.05, 0) is 57.8 Å². The van der Waals surface area contributed by atoms with Crippen LogP contribution in [0.2, 0.25) is 0 Å². The Morgan fingerprint density at radius 1 is 0.477 bits per heavy atom. The zero-order chi connectivity index (χ0) is 64.5. The van der Waals surface area contributed by atoms with Crippen molar-refractivity contribution in [3.05, 3.63) is 12.2 Å². The van der Waals surface area contributed by atoms with Gasteiger partial charge >= 0.3 is 15.6 Å². The number of amides is 1. The van der Waals surface area contributed by atoms with Crippen molar-refractivity contribution in [1.29, 1.82) is 0 Å². The minimum Gasteiger partial charge on any atom is -0.388 e. The molecular formula is C66H127NO19P2. The van der Waals surface area contributed by atoms with Gasteiger partial charge in [-0.15, -0.1) is 0 Å². The molecule has 2 aliphatic rings. The molecule has 11 atom stereocenters. The predicted octanol–water partition coefficient (Wildman–Crippen LogP) is 14.5. The van der Waals surface area contributed by atoms with Crippen LogP contribution < -0.4 is 5.32 Å². The molecular weight excluding hydrogens is 1170 g/mol. The standard InChI is InChI=1S/C66H127NO19P2/c1-7-11-15-19-22-25-26-27-28-29-30-31-33-36-40-44-49-80-64-63(81-50-47-55(78-6)46-42-37-18-14-10-4)61(85-87(71,72)73)57(52-77-5)84-66(64)82-53-56-60(70)62(79-48-43-39-35-24-21-17-13-9-3)59(65(83-56)86-88(74,75)76)67-58(69)51-54(68)45-41-38-34-32-23-20-16-12-8-2/h25-26,55-57,59-66,70H,7-24,27-53H2,1-6H3,(H,67,69)(H2,71,72,73)(H2,74,75,76)/b26-25-/t55-,56-,57-,59-,60-,61-,62-,63+,64-,65-,66-/m1/s1. The highest BCUT2D eigenvalue weighted by atomic mass is 31.2. The third-order valence-corrected chi connectivity index (χ3v) is 17.8. The molecule has 2 aliphatic heterocycles. The van der Waals surface area contributed by atoms with Gasteiger partial charge in [-0.25, -0.2) is 9.13 Å². The number of carbonyl (C=O) groups is 2. The lowest BCUT2D eigenvalue weighted by molar-refractivity contribution is -0.328. The molecule has 0 aromatic heterocycles. The molecule has 0 radical (unpaired) electrons. The zero-order valence-corrected chi connectivity index (χ0v) is 57.5. The number of hydrogen-bond donors (Lipinski definition) is 6. The number of unbranched alkanes of at least 4 members (excludes halogenated alkanes) is 31. The summed E-state index contributed by atoms with van der Waals surface area (Å²) in [6.07, 6.45) is 31.2. The highest BCUT2D eigenvalue weighted by Gasteiger charge is 2.53. The Bertz CT molecular complexity index is 1810. The summed E-state index contributed by atoms with van der Waals surface area (Å²) in [5.74, 6) is -1.05. The quantitative estimate of drug-likeness (QED) is 0.0143. The second-order valence-electron chi connectivity index (χ2n) is 24.7. The van der Waals surface area contributed by atoms with Crippen LogP contribution in [-0.2, 0) is 65.7 Å². The van der Waals surface area contributed by atoms with Crippen LogP contribution in [0.1, 0.15) is 285 Å². The number of carbonyl (C=O) groups excluding carboxylic acids is 2. The van der Waals surface area contributed by atoms with Crippen molar-refractivity contribution in [2.75, 3.05) is 47.3 Å². The van der Waals surface area contributed by atoms with Crippen LogP contribution >= 0.6 is 15.6 Å². The average molecular weight is 1300 g/mol. The summed E-state index contributed by atoms with van der Waals surface area (Å²) in [5.41, 5.74) is 0. The molecule has 20 nitrogen and oxygen atoms in total. The molecule has 0 saturated carbocycles. The maximum absolute atomic E-state index is 13.7. The molecule has 0 aliphatic carbocycles. The molecule has 2 rings (SSSR count). The molecule has 88 heavy (non-hydrogen) atoms. The van der Waals surface area contributed by atoms with Gasteiger partial charge in [0.1, 0.15) is 54.6 Å². The predicted molar refractivity (Wildman–Crippen MR) is 345 cm³/mol. The number of rotatable bonds is 60. The molecule has 0 unspecified atom stereocenters. The largest absolute Gasteiger partial charge is 0.472 e. The Balaban J connectivity index is 2.41. The molecule has 22 heteroatoms. The maximum atomic E-state index is 13.7. The van der Waals surface area contributed by atoms with E-state index in [1.165, 1.54) is 77.7 Å². The number of hydrogen-bond acceptors (Lipinski definition) is 15. The van der Waals surface area contributed by atoms with Crippen LogP contribution in [0.15, 0.2) is 12.2 Å². The highest BCUT2D eigenvalue weighted by molar-refractivity contribution is 7.46. The topological polar surface area (TPSA) is 274 Å². The molecule has 0 aromatic carbocycles. The number of allylic oxidation sites excluding steroid dienone is 2. The van der Waals surface area contributed by atoms with Crippen molar-refractivity contribution in [2.24, 2.45) is 0 Å². The summed E-state index contributed by atoms with van der Waals surface area (Å²) in [6.45, 7) is 8.38. The van der Waals surface area contributed by atoms with Gasteiger partial charge in [-0.2, -0.15) is 0 Å². The number of phosphoric acid groups is 2. The Morgan fingerprint density at radius 2 is 0.920 bits per heavy atom. The minimum atomic E-state index is -5.36. The second kappa shape index (κ2) is 53.0. The number of methoxy groups -OCH3 is 2. The zero-order valence-electron chi connectivity index (χ0n) is 55.7. The van der Waals surface area contributed by atoms with Crippen molar-refractivity contribution >= 4 is 27.3 Å². The summed E-state index contributed by atoms with van der Waals surface area (Å²) in [5, 5.41) is 14.9. The normalized spacial score (nSPS) is 23.1. The summed E-state index contributed by atoms with van der Waals surface area (Å²) in [4.78, 5) is 68.0. The molecule has 6 N–H and O–H groups in total. The van der Waals surface area contributed by atoms with Gasteiger partial charge in [0.2, 0.25) is 5.91 Å². The summed E-state index contributed by atoms with van der Waals surface area (Å²) < 4.78 is 86.1. The van der Waals surface area contributed by atoms with Crippen molar-refractivity contribution in [2.45, 2.75) is 352 Å². The number of phosphoric ester groups is 2. The van der Waals surface area contributed by atoms with Gasteiger partial charge in [0.25, 0.3) is 0 Å². The maximum Gasteiger partial charge on any atom is 0.472 e. The molecule has 1 amide bonds. The van der Waals surface area contributed by atoms with Crippen LogP contribution in [0.5, 0.6) is 0 Å². The summed E-state index contributed by atoms with van der Waals surface area (Å²) in [6, 6.07) is -1.48. The van der Waals surface area contributed by atoms with E-state index in [4.69, 9.17) is 46.9 Å². The fourth-order valence-electron chi connectivity index (χ4n) is 11.6. The number of ketones is 1. The summed E-state index contributed by atoms with van der Waals surface area (Å²) in [7, 11) is -7.51. The Morgan fingerprint density at radius 3 is 1.42 bits per heavy atom. The fraction of sp³-hybridized carbons (Fsp3) is 0.939. The van der Waals surface area contributed by atoms with E-state index >= 15 is 0 Å². The van der Waals surface area contributed by atoms with E-state index < -0.39 is 95.9 Å². The van der Waals surface area contributed by atoms with E-state index in [1.54, 1.807) is 7.11 Å². The lowest BCUT2D eigenvalue weighted by Gasteiger charge is -2.47. The number of aliphatic hydroxyl groups excluding tert-OH is 1. The number of ether oxygens (including phenoxy) is 8. The van der Waals surface area contributed by atoms with Gasteiger partial charge in [0.05, 0.1) is 25.7 Å². The van der Waals surface area contributed by atoms with Gasteiger partial charge in [-0.1, -0.05) is 226 Å². The Labute approximate surface area is 532 Å². The van der Waals surface area contributed by atoms with Crippen LogP contribution in [0.25, 0.3) is 0 Å². The van der Waals surface area contributed by atoms with Crippen LogP contribution in [0, 0.1) is 0 Å². The Hall–Kier alpha value is -1.26. The molecule has 0 aromatic rings. The molecule has 2 saturated heterocycles. The first-order valence-electron chi connectivity index (χ1n) is 34.9. The highest BCUT2D eigenvalue weighted by Crippen LogP contribution is 2.44. The van der Waals surface area contributed by atoms with Gasteiger partial charge in [-0.3, -0.25) is 18.6 Å².